The van der Waals surface area contributed by atoms with Crippen molar-refractivity contribution in [3.63, 3.8) is 0 Å². The lowest BCUT2D eigenvalue weighted by Gasteiger charge is -2.27. The predicted molar refractivity (Wildman–Crippen MR) is 59.6 cm³/mol. The fourth-order valence-electron chi connectivity index (χ4n) is 2.80. The van der Waals surface area contributed by atoms with E-state index in [0.29, 0.717) is 17.9 Å². The number of nitrogens with zero attached hydrogens (tertiary/aromatic N) is 1. The Morgan fingerprint density at radius 2 is 1.68 bits per heavy atom. The molecule has 2 bridgehead atoms. The van der Waals surface area contributed by atoms with Crippen molar-refractivity contribution >= 4 is 18.0 Å². The van der Waals surface area contributed by atoms with Gasteiger partial charge in [-0.1, -0.05) is 5.06 Å². The third-order valence-corrected chi connectivity index (χ3v) is 3.68. The fraction of sp³-hybridized carbons (Fsp3) is 0.750. The monoisotopic (exact) mass is 269 g/mol. The standard InChI is InChI=1S/C12H15NO6/c14-10-3-4-11(15)13(10)19-12(16)18-9-5-7-1-2-8(6-9)17-7/h7-9H,1-6H2/t7-,8+,9?. The topological polar surface area (TPSA) is 82.1 Å². The maximum Gasteiger partial charge on any atom is 0.534 e. The van der Waals surface area contributed by atoms with E-state index >= 15 is 0 Å². The maximum absolute atomic E-state index is 11.6. The quantitative estimate of drug-likeness (QED) is 0.547. The number of ether oxygens (including phenoxy) is 2. The van der Waals surface area contributed by atoms with Crippen LogP contribution in [0.25, 0.3) is 0 Å². The summed E-state index contributed by atoms with van der Waals surface area (Å²) in [6, 6.07) is 0. The van der Waals surface area contributed by atoms with Gasteiger partial charge in [-0.05, 0) is 12.8 Å². The minimum absolute atomic E-state index is 0.0769. The Morgan fingerprint density at radius 3 is 2.26 bits per heavy atom. The van der Waals surface area contributed by atoms with E-state index in [1.807, 2.05) is 0 Å². The van der Waals surface area contributed by atoms with Gasteiger partial charge in [0, 0.05) is 25.7 Å². The molecule has 2 amide bonds. The number of amides is 2. The van der Waals surface area contributed by atoms with Gasteiger partial charge in [-0.15, -0.1) is 0 Å². The SMILES string of the molecule is O=C(OC1C[C@H]2CC[C@@H](C1)O2)ON1C(=O)CCC1=O. The van der Waals surface area contributed by atoms with E-state index in [9.17, 15) is 14.4 Å². The summed E-state index contributed by atoms with van der Waals surface area (Å²) in [4.78, 5) is 38.8. The lowest BCUT2D eigenvalue weighted by Crippen LogP contribution is -2.36. The average molecular weight is 269 g/mol. The normalized spacial score (nSPS) is 33.7. The van der Waals surface area contributed by atoms with E-state index in [-0.39, 0.29) is 31.2 Å². The van der Waals surface area contributed by atoms with Gasteiger partial charge in [0.2, 0.25) is 0 Å². The molecule has 3 aliphatic heterocycles. The smallest absolute Gasteiger partial charge is 0.429 e. The van der Waals surface area contributed by atoms with Gasteiger partial charge >= 0.3 is 6.16 Å². The summed E-state index contributed by atoms with van der Waals surface area (Å²) < 4.78 is 10.8. The second-order valence-electron chi connectivity index (χ2n) is 5.09. The highest BCUT2D eigenvalue weighted by molar-refractivity contribution is 6.01. The molecule has 0 saturated carbocycles. The van der Waals surface area contributed by atoms with Crippen LogP contribution in [0.2, 0.25) is 0 Å². The van der Waals surface area contributed by atoms with Crippen molar-refractivity contribution in [1.82, 2.24) is 5.06 Å². The Labute approximate surface area is 109 Å². The highest BCUT2D eigenvalue weighted by Gasteiger charge is 2.38. The first-order valence-electron chi connectivity index (χ1n) is 6.51. The molecule has 0 N–H and O–H groups in total. The predicted octanol–water partition coefficient (Wildman–Crippen LogP) is 0.914. The van der Waals surface area contributed by atoms with Crippen LogP contribution in [-0.2, 0) is 23.9 Å². The summed E-state index contributed by atoms with van der Waals surface area (Å²) in [6.07, 6.45) is 2.47. The molecule has 7 nitrogen and oxygen atoms in total. The molecule has 0 aromatic heterocycles. The number of hydrogen-bond acceptors (Lipinski definition) is 6. The van der Waals surface area contributed by atoms with Crippen molar-refractivity contribution < 1.29 is 28.7 Å². The second kappa shape index (κ2) is 4.80. The van der Waals surface area contributed by atoms with Gasteiger partial charge in [0.25, 0.3) is 11.8 Å². The molecule has 3 heterocycles. The van der Waals surface area contributed by atoms with Gasteiger partial charge in [0.1, 0.15) is 6.10 Å². The van der Waals surface area contributed by atoms with Crippen molar-refractivity contribution in [3.05, 3.63) is 0 Å². The van der Waals surface area contributed by atoms with Crippen molar-refractivity contribution in [2.75, 3.05) is 0 Å². The zero-order valence-corrected chi connectivity index (χ0v) is 10.4. The molecular weight excluding hydrogens is 254 g/mol. The third kappa shape index (κ3) is 2.56. The molecule has 19 heavy (non-hydrogen) atoms. The highest BCUT2D eigenvalue weighted by atomic mass is 16.8. The summed E-state index contributed by atoms with van der Waals surface area (Å²) in [5, 5.41) is 0.496. The van der Waals surface area contributed by atoms with Crippen LogP contribution in [0.4, 0.5) is 4.79 Å². The third-order valence-electron chi connectivity index (χ3n) is 3.68. The largest absolute Gasteiger partial charge is 0.534 e. The number of carbonyl (C=O) groups excluding carboxylic acids is 3. The van der Waals surface area contributed by atoms with Gasteiger partial charge in [-0.2, -0.15) is 0 Å². The molecule has 0 aromatic rings. The van der Waals surface area contributed by atoms with Crippen LogP contribution in [0.3, 0.4) is 0 Å². The van der Waals surface area contributed by atoms with Crippen LogP contribution in [-0.4, -0.2) is 41.3 Å². The molecule has 0 aromatic carbocycles. The molecule has 104 valence electrons. The van der Waals surface area contributed by atoms with Gasteiger partial charge in [-0.3, -0.25) is 14.4 Å². The molecule has 0 radical (unpaired) electrons. The minimum atomic E-state index is -0.991. The molecule has 3 fully saturated rings. The van der Waals surface area contributed by atoms with E-state index in [2.05, 4.69) is 4.84 Å². The van der Waals surface area contributed by atoms with E-state index in [0.717, 1.165) is 12.8 Å². The Kier molecular flexibility index (Phi) is 3.14. The summed E-state index contributed by atoms with van der Waals surface area (Å²) in [6.45, 7) is 0. The molecule has 3 rings (SSSR count). The molecule has 3 saturated heterocycles. The Bertz CT molecular complexity index is 394. The van der Waals surface area contributed by atoms with E-state index in [1.165, 1.54) is 0 Å². The molecule has 7 heteroatoms. The number of rotatable bonds is 2. The lowest BCUT2D eigenvalue weighted by molar-refractivity contribution is -0.180. The Balaban J connectivity index is 1.51. The first-order valence-corrected chi connectivity index (χ1v) is 6.51. The Hall–Kier alpha value is -1.63. The van der Waals surface area contributed by atoms with E-state index in [1.54, 1.807) is 0 Å². The number of fused-ring (bicyclic) bond motifs is 2. The summed E-state index contributed by atoms with van der Waals surface area (Å²) in [5.74, 6) is -1.01. The zero-order valence-electron chi connectivity index (χ0n) is 10.4. The number of hydroxylamine groups is 2. The molecule has 3 atom stereocenters. The van der Waals surface area contributed by atoms with Crippen LogP contribution in [0.5, 0.6) is 0 Å². The zero-order chi connectivity index (χ0) is 13.4. The maximum atomic E-state index is 11.6. The van der Waals surface area contributed by atoms with Crippen molar-refractivity contribution in [1.29, 1.82) is 0 Å². The fourth-order valence-corrected chi connectivity index (χ4v) is 2.80. The van der Waals surface area contributed by atoms with Gasteiger partial charge in [-0.25, -0.2) is 4.79 Å². The number of carbonyl (C=O) groups is 3. The number of hydrogen-bond donors (Lipinski definition) is 0. The van der Waals surface area contributed by atoms with Crippen molar-refractivity contribution in [3.8, 4) is 0 Å². The van der Waals surface area contributed by atoms with Crippen molar-refractivity contribution in [2.45, 2.75) is 56.8 Å². The first kappa shape index (κ1) is 12.4. The van der Waals surface area contributed by atoms with Crippen LogP contribution in [0, 0.1) is 0 Å². The lowest BCUT2D eigenvalue weighted by atomic mass is 10.1. The van der Waals surface area contributed by atoms with Crippen LogP contribution >= 0.6 is 0 Å². The van der Waals surface area contributed by atoms with Gasteiger partial charge < -0.3 is 9.47 Å². The van der Waals surface area contributed by atoms with Crippen LogP contribution in [0.15, 0.2) is 0 Å². The molecular formula is C12H15NO6. The second-order valence-corrected chi connectivity index (χ2v) is 5.09. The summed E-state index contributed by atoms with van der Waals surface area (Å²) >= 11 is 0. The Morgan fingerprint density at radius 1 is 1.11 bits per heavy atom. The van der Waals surface area contributed by atoms with Gasteiger partial charge in [0.05, 0.1) is 12.2 Å². The van der Waals surface area contributed by atoms with E-state index < -0.39 is 18.0 Å². The van der Waals surface area contributed by atoms with Crippen molar-refractivity contribution in [2.24, 2.45) is 0 Å². The molecule has 3 aliphatic rings. The number of imide groups is 1. The molecule has 0 aliphatic carbocycles. The molecule has 1 unspecified atom stereocenters. The average Bonchev–Trinajstić information content (AvgIpc) is 2.86. The summed E-state index contributed by atoms with van der Waals surface area (Å²) in [5.41, 5.74) is 0. The summed E-state index contributed by atoms with van der Waals surface area (Å²) in [7, 11) is 0. The highest BCUT2D eigenvalue weighted by Crippen LogP contribution is 2.33. The van der Waals surface area contributed by atoms with Gasteiger partial charge in [0.15, 0.2) is 0 Å². The minimum Gasteiger partial charge on any atom is -0.429 e. The molecule has 0 spiro atoms. The van der Waals surface area contributed by atoms with Crippen LogP contribution < -0.4 is 0 Å². The van der Waals surface area contributed by atoms with E-state index in [4.69, 9.17) is 9.47 Å². The van der Waals surface area contributed by atoms with Crippen LogP contribution in [0.1, 0.15) is 38.5 Å². The first-order chi connectivity index (χ1) is 9.11.